The Bertz CT molecular complexity index is 1440. The van der Waals surface area contributed by atoms with Crippen molar-refractivity contribution in [2.24, 2.45) is 0 Å². The Labute approximate surface area is 230 Å². The molecule has 0 spiro atoms. The average molecular weight is 554 g/mol. The van der Waals surface area contributed by atoms with Gasteiger partial charge in [-0.05, 0) is 57.4 Å². The Morgan fingerprint density at radius 2 is 2.10 bits per heavy atom. The molecular weight excluding hydrogens is 525 g/mol. The maximum Gasteiger partial charge on any atom is 0.320 e. The quantitative estimate of drug-likeness (QED) is 0.288. The molecular formula is C28H29ClFN5O4. The zero-order chi connectivity index (χ0) is 27.6. The van der Waals surface area contributed by atoms with Crippen LogP contribution in [0.2, 0.25) is 5.02 Å². The number of carbonyl (C=O) groups is 2. The van der Waals surface area contributed by atoms with Crippen molar-refractivity contribution in [3.8, 4) is 5.75 Å². The van der Waals surface area contributed by atoms with Gasteiger partial charge in [0, 0.05) is 29.8 Å². The smallest absolute Gasteiger partial charge is 0.320 e. The van der Waals surface area contributed by atoms with Crippen molar-refractivity contribution in [2.45, 2.75) is 44.8 Å². The highest BCUT2D eigenvalue weighted by atomic mass is 35.5. The molecule has 1 aliphatic heterocycles. The minimum absolute atomic E-state index is 0.0147. The maximum absolute atomic E-state index is 13.6. The molecule has 2 heterocycles. The van der Waals surface area contributed by atoms with Gasteiger partial charge < -0.3 is 20.1 Å². The predicted molar refractivity (Wildman–Crippen MR) is 147 cm³/mol. The number of ether oxygens (including phenoxy) is 2. The number of cyclic esters (lactones) is 1. The van der Waals surface area contributed by atoms with E-state index in [0.717, 1.165) is 19.3 Å². The zero-order valence-corrected chi connectivity index (χ0v) is 22.4. The Morgan fingerprint density at radius 1 is 1.28 bits per heavy atom. The molecule has 39 heavy (non-hydrogen) atoms. The number of carbonyl (C=O) groups excluding carboxylic acids is 2. The molecule has 1 saturated carbocycles. The highest BCUT2D eigenvalue weighted by Gasteiger charge is 2.34. The molecule has 0 unspecified atom stereocenters. The summed E-state index contributed by atoms with van der Waals surface area (Å²) >= 11 is 5.94. The molecule has 1 aromatic heterocycles. The maximum atomic E-state index is 13.6. The number of rotatable bonds is 8. The van der Waals surface area contributed by atoms with Crippen LogP contribution in [-0.2, 0) is 14.3 Å². The minimum atomic E-state index is -0.519. The molecule has 2 N–H and O–H groups in total. The van der Waals surface area contributed by atoms with E-state index < -0.39 is 5.82 Å². The number of anilines is 3. The number of amides is 1. The van der Waals surface area contributed by atoms with Gasteiger partial charge >= 0.3 is 5.97 Å². The Hall–Kier alpha value is -3.76. The standard InChI is InChI=1S/C28H29ClFN5O4/c1-28(2)15-38-26(37)14-35(28)10-4-7-25(36)34-23-12-19-22(13-24(23)39-18-5-3-6-18)31-16-32-27(19)33-17-8-9-21(30)20(29)11-17/h4,7-9,11-13,16,18H,3,5-6,10,14-15H2,1-2H3,(H,34,36)(H,31,32,33)/b7-4+. The first-order valence-corrected chi connectivity index (χ1v) is 13.1. The lowest BCUT2D eigenvalue weighted by Crippen LogP contribution is -2.54. The number of halogens is 2. The summed E-state index contributed by atoms with van der Waals surface area (Å²) in [7, 11) is 0. The van der Waals surface area contributed by atoms with E-state index in [1.165, 1.54) is 24.5 Å². The number of benzene rings is 2. The van der Waals surface area contributed by atoms with Crippen LogP contribution in [0.4, 0.5) is 21.6 Å². The van der Waals surface area contributed by atoms with Gasteiger partial charge in [0.25, 0.3) is 0 Å². The summed E-state index contributed by atoms with van der Waals surface area (Å²) in [6, 6.07) is 7.83. The number of hydrogen-bond acceptors (Lipinski definition) is 8. The fraction of sp³-hybridized carbons (Fsp3) is 0.357. The molecule has 1 amide bonds. The summed E-state index contributed by atoms with van der Waals surface area (Å²) in [6.07, 6.45) is 7.64. The van der Waals surface area contributed by atoms with Crippen LogP contribution in [0.3, 0.4) is 0 Å². The molecule has 204 valence electrons. The number of nitrogens with one attached hydrogen (secondary N) is 2. The number of esters is 1. The first-order valence-electron chi connectivity index (χ1n) is 12.7. The van der Waals surface area contributed by atoms with Gasteiger partial charge in [0.1, 0.15) is 30.3 Å². The lowest BCUT2D eigenvalue weighted by atomic mass is 9.96. The monoisotopic (exact) mass is 553 g/mol. The number of morpholine rings is 1. The molecule has 2 aromatic carbocycles. The summed E-state index contributed by atoms with van der Waals surface area (Å²) in [5.41, 5.74) is 1.31. The van der Waals surface area contributed by atoms with Gasteiger partial charge in [-0.15, -0.1) is 0 Å². The lowest BCUT2D eigenvalue weighted by molar-refractivity contribution is -0.159. The summed E-state index contributed by atoms with van der Waals surface area (Å²) in [4.78, 5) is 35.3. The van der Waals surface area contributed by atoms with Gasteiger partial charge in [-0.2, -0.15) is 0 Å². The normalized spacial score (nSPS) is 17.6. The summed E-state index contributed by atoms with van der Waals surface area (Å²) in [5.74, 6) is -0.168. The third-order valence-corrected chi connectivity index (χ3v) is 7.17. The van der Waals surface area contributed by atoms with Crippen LogP contribution < -0.4 is 15.4 Å². The summed E-state index contributed by atoms with van der Waals surface area (Å²) in [6.45, 7) is 4.85. The molecule has 0 atom stereocenters. The van der Waals surface area contributed by atoms with Crippen molar-refractivity contribution in [2.75, 3.05) is 30.3 Å². The van der Waals surface area contributed by atoms with Crippen LogP contribution in [0.25, 0.3) is 10.9 Å². The second kappa shape index (κ2) is 11.2. The van der Waals surface area contributed by atoms with Crippen molar-refractivity contribution in [1.82, 2.24) is 14.9 Å². The van der Waals surface area contributed by atoms with Crippen molar-refractivity contribution in [3.63, 3.8) is 0 Å². The van der Waals surface area contributed by atoms with E-state index in [1.54, 1.807) is 24.3 Å². The molecule has 5 rings (SSSR count). The fourth-order valence-electron chi connectivity index (χ4n) is 4.29. The zero-order valence-electron chi connectivity index (χ0n) is 21.7. The van der Waals surface area contributed by atoms with Gasteiger partial charge in [-0.3, -0.25) is 14.5 Å². The van der Waals surface area contributed by atoms with E-state index >= 15 is 0 Å². The molecule has 1 aliphatic carbocycles. The van der Waals surface area contributed by atoms with Crippen LogP contribution in [0.15, 0.2) is 48.8 Å². The number of nitrogens with zero attached hydrogens (tertiary/aromatic N) is 3. The van der Waals surface area contributed by atoms with Crippen molar-refractivity contribution >= 4 is 51.6 Å². The van der Waals surface area contributed by atoms with Crippen molar-refractivity contribution < 1.29 is 23.5 Å². The Kier molecular flexibility index (Phi) is 7.67. The average Bonchev–Trinajstić information content (AvgIpc) is 2.86. The second-order valence-electron chi connectivity index (χ2n) is 10.3. The van der Waals surface area contributed by atoms with E-state index in [-0.39, 0.29) is 35.1 Å². The highest BCUT2D eigenvalue weighted by molar-refractivity contribution is 6.31. The molecule has 0 radical (unpaired) electrons. The topological polar surface area (TPSA) is 106 Å². The van der Waals surface area contributed by atoms with Gasteiger partial charge in [-0.25, -0.2) is 14.4 Å². The van der Waals surface area contributed by atoms with Crippen LogP contribution in [0.5, 0.6) is 5.75 Å². The second-order valence-corrected chi connectivity index (χ2v) is 10.7. The first-order chi connectivity index (χ1) is 18.7. The van der Waals surface area contributed by atoms with Gasteiger partial charge in [-0.1, -0.05) is 17.7 Å². The molecule has 3 aromatic rings. The van der Waals surface area contributed by atoms with Crippen LogP contribution >= 0.6 is 11.6 Å². The summed E-state index contributed by atoms with van der Waals surface area (Å²) < 4.78 is 25.0. The fourth-order valence-corrected chi connectivity index (χ4v) is 4.47. The van der Waals surface area contributed by atoms with E-state index in [9.17, 15) is 14.0 Å². The number of aromatic nitrogens is 2. The molecule has 2 fully saturated rings. The molecule has 1 saturated heterocycles. The van der Waals surface area contributed by atoms with E-state index in [0.29, 0.717) is 47.0 Å². The molecule has 9 nitrogen and oxygen atoms in total. The van der Waals surface area contributed by atoms with Crippen molar-refractivity contribution in [3.05, 3.63) is 59.7 Å². The molecule has 2 aliphatic rings. The predicted octanol–water partition coefficient (Wildman–Crippen LogP) is 5.23. The van der Waals surface area contributed by atoms with Crippen LogP contribution in [-0.4, -0.2) is 58.1 Å². The van der Waals surface area contributed by atoms with E-state index in [1.807, 2.05) is 18.7 Å². The molecule has 11 heteroatoms. The number of hydrogen-bond donors (Lipinski definition) is 2. The Balaban J connectivity index is 1.39. The van der Waals surface area contributed by atoms with Gasteiger partial charge in [0.15, 0.2) is 0 Å². The SMILES string of the molecule is CC1(C)COC(=O)CN1C/C=C/C(=O)Nc1cc2c(Nc3ccc(F)c(Cl)c3)ncnc2cc1OC1CCC1. The first kappa shape index (κ1) is 26.8. The lowest BCUT2D eigenvalue weighted by Gasteiger charge is -2.40. The van der Waals surface area contributed by atoms with Crippen LogP contribution in [0.1, 0.15) is 33.1 Å². The molecule has 0 bridgehead atoms. The van der Waals surface area contributed by atoms with E-state index in [4.69, 9.17) is 21.1 Å². The Morgan fingerprint density at radius 3 is 2.85 bits per heavy atom. The largest absolute Gasteiger partial charge is 0.488 e. The van der Waals surface area contributed by atoms with Gasteiger partial charge in [0.05, 0.1) is 34.4 Å². The van der Waals surface area contributed by atoms with E-state index in [2.05, 4.69) is 20.6 Å². The van der Waals surface area contributed by atoms with Crippen LogP contribution in [0, 0.1) is 5.82 Å². The third kappa shape index (κ3) is 6.29. The number of fused-ring (bicyclic) bond motifs is 1. The van der Waals surface area contributed by atoms with Crippen molar-refractivity contribution in [1.29, 1.82) is 0 Å². The van der Waals surface area contributed by atoms with Gasteiger partial charge in [0.2, 0.25) is 5.91 Å². The summed E-state index contributed by atoms with van der Waals surface area (Å²) in [5, 5.41) is 6.68. The third-order valence-electron chi connectivity index (χ3n) is 6.88. The highest BCUT2D eigenvalue weighted by Crippen LogP contribution is 2.36. The minimum Gasteiger partial charge on any atom is -0.488 e.